The Morgan fingerprint density at radius 3 is 2.62 bits per heavy atom. The first-order chi connectivity index (χ1) is 6.11. The Morgan fingerprint density at radius 2 is 2.15 bits per heavy atom. The van der Waals surface area contributed by atoms with Gasteiger partial charge in [0.2, 0.25) is 0 Å². The minimum Gasteiger partial charge on any atom is -0.495 e. The minimum absolute atomic E-state index is 0.821. The molecule has 0 atom stereocenters. The van der Waals surface area contributed by atoms with Gasteiger partial charge in [0, 0.05) is 5.02 Å². The van der Waals surface area contributed by atoms with Crippen LogP contribution in [0.4, 0.5) is 0 Å². The first-order valence-corrected chi connectivity index (χ1v) is 5.59. The number of ether oxygens (including phenoxy) is 1. The number of rotatable bonds is 2. The van der Waals surface area contributed by atoms with E-state index >= 15 is 0 Å². The molecule has 0 heterocycles. The molecule has 1 aromatic carbocycles. The molecule has 0 radical (unpaired) electrons. The smallest absolute Gasteiger partial charge is 0.135 e. The van der Waals surface area contributed by atoms with Gasteiger partial charge < -0.3 is 4.74 Å². The van der Waals surface area contributed by atoms with Crippen molar-refractivity contribution in [3.05, 3.63) is 25.8 Å². The second kappa shape index (κ2) is 4.51. The highest BCUT2D eigenvalue weighted by Gasteiger charge is 2.11. The molecule has 0 saturated heterocycles. The summed E-state index contributed by atoms with van der Waals surface area (Å²) in [4.78, 5) is 0. The third-order valence-electron chi connectivity index (χ3n) is 2.06. The van der Waals surface area contributed by atoms with Crippen molar-refractivity contribution in [2.24, 2.45) is 0 Å². The molecule has 0 aromatic heterocycles. The quantitative estimate of drug-likeness (QED) is 0.755. The lowest BCUT2D eigenvalue weighted by molar-refractivity contribution is 0.406. The van der Waals surface area contributed by atoms with Crippen molar-refractivity contribution in [3.8, 4) is 5.75 Å². The van der Waals surface area contributed by atoms with Crippen LogP contribution in [0, 0.1) is 10.5 Å². The van der Waals surface area contributed by atoms with Crippen LogP contribution in [0.5, 0.6) is 5.75 Å². The molecule has 0 aliphatic rings. The fourth-order valence-electron chi connectivity index (χ4n) is 1.23. The van der Waals surface area contributed by atoms with E-state index in [1.165, 1.54) is 5.56 Å². The summed E-state index contributed by atoms with van der Waals surface area (Å²) in [5.74, 6) is 0.963. The summed E-state index contributed by atoms with van der Waals surface area (Å²) < 4.78 is 6.45. The average Bonchev–Trinajstić information content (AvgIpc) is 2.13. The molecule has 0 amide bonds. The van der Waals surface area contributed by atoms with Crippen molar-refractivity contribution in [2.75, 3.05) is 7.11 Å². The molecule has 0 fully saturated rings. The van der Waals surface area contributed by atoms with Crippen LogP contribution < -0.4 is 4.74 Å². The molecule has 1 nitrogen and oxygen atoms in total. The van der Waals surface area contributed by atoms with Gasteiger partial charge in [0.05, 0.1) is 10.7 Å². The molecule has 0 unspecified atom stereocenters. The van der Waals surface area contributed by atoms with Crippen molar-refractivity contribution in [1.82, 2.24) is 0 Å². The number of aryl methyl sites for hydroxylation is 1. The van der Waals surface area contributed by atoms with E-state index in [1.54, 1.807) is 7.11 Å². The van der Waals surface area contributed by atoms with Gasteiger partial charge in [-0.2, -0.15) is 0 Å². The average molecular weight is 311 g/mol. The van der Waals surface area contributed by atoms with Crippen molar-refractivity contribution in [3.63, 3.8) is 0 Å². The first-order valence-electron chi connectivity index (χ1n) is 4.13. The lowest BCUT2D eigenvalue weighted by Crippen LogP contribution is -1.96. The molecule has 0 N–H and O–H groups in total. The van der Waals surface area contributed by atoms with E-state index in [4.69, 9.17) is 16.3 Å². The van der Waals surface area contributed by atoms with Gasteiger partial charge in [-0.25, -0.2) is 0 Å². The monoisotopic (exact) mass is 310 g/mol. The summed E-state index contributed by atoms with van der Waals surface area (Å²) in [6.45, 7) is 4.10. The topological polar surface area (TPSA) is 9.23 Å². The lowest BCUT2D eigenvalue weighted by Gasteiger charge is -2.12. The molecule has 1 rings (SSSR count). The van der Waals surface area contributed by atoms with E-state index in [1.807, 2.05) is 13.0 Å². The van der Waals surface area contributed by atoms with Crippen molar-refractivity contribution < 1.29 is 4.74 Å². The SMILES string of the molecule is CCc1cc(Cl)c(C)c(I)c1OC. The predicted molar refractivity (Wildman–Crippen MR) is 64.8 cm³/mol. The predicted octanol–water partition coefficient (Wildman–Crippen LogP) is 3.82. The van der Waals surface area contributed by atoms with Gasteiger partial charge in [-0.1, -0.05) is 18.5 Å². The van der Waals surface area contributed by atoms with Crippen LogP contribution in [0.3, 0.4) is 0 Å². The molecule has 13 heavy (non-hydrogen) atoms. The second-order valence-corrected chi connectivity index (χ2v) is 4.33. The Kier molecular flexibility index (Phi) is 3.86. The van der Waals surface area contributed by atoms with Gasteiger partial charge in [0.15, 0.2) is 0 Å². The van der Waals surface area contributed by atoms with Crippen molar-refractivity contribution in [2.45, 2.75) is 20.3 Å². The largest absolute Gasteiger partial charge is 0.495 e. The summed E-state index contributed by atoms with van der Waals surface area (Å²) in [6.07, 6.45) is 0.944. The zero-order valence-electron chi connectivity index (χ0n) is 7.95. The lowest BCUT2D eigenvalue weighted by atomic mass is 10.1. The highest BCUT2D eigenvalue weighted by Crippen LogP contribution is 2.33. The second-order valence-electron chi connectivity index (χ2n) is 2.84. The Labute approximate surface area is 97.6 Å². The maximum Gasteiger partial charge on any atom is 0.135 e. The standard InChI is InChI=1S/C10H12ClIO/c1-4-7-5-8(11)6(2)9(12)10(7)13-3/h5H,4H2,1-3H3. The highest BCUT2D eigenvalue weighted by atomic mass is 127. The van der Waals surface area contributed by atoms with E-state index in [9.17, 15) is 0 Å². The fourth-order valence-corrected chi connectivity index (χ4v) is 2.47. The van der Waals surface area contributed by atoms with Gasteiger partial charge in [0.25, 0.3) is 0 Å². The van der Waals surface area contributed by atoms with Gasteiger partial charge in [-0.3, -0.25) is 0 Å². The number of benzene rings is 1. The summed E-state index contributed by atoms with van der Waals surface area (Å²) in [5.41, 5.74) is 2.26. The maximum atomic E-state index is 6.07. The van der Waals surface area contributed by atoms with Crippen LogP contribution >= 0.6 is 34.2 Å². The van der Waals surface area contributed by atoms with Crippen LogP contribution in [-0.4, -0.2) is 7.11 Å². The van der Waals surface area contributed by atoms with Gasteiger partial charge in [0.1, 0.15) is 5.75 Å². The van der Waals surface area contributed by atoms with E-state index in [0.29, 0.717) is 0 Å². The first kappa shape index (κ1) is 11.1. The molecular formula is C10H12ClIO. The molecule has 0 aliphatic carbocycles. The molecule has 0 bridgehead atoms. The number of methoxy groups -OCH3 is 1. The fraction of sp³-hybridized carbons (Fsp3) is 0.400. The Balaban J connectivity index is 3.39. The molecule has 0 spiro atoms. The minimum atomic E-state index is 0.821. The number of hydrogen-bond acceptors (Lipinski definition) is 1. The Morgan fingerprint density at radius 1 is 1.54 bits per heavy atom. The Hall–Kier alpha value is 0.0400. The number of hydrogen-bond donors (Lipinski definition) is 0. The summed E-state index contributed by atoms with van der Waals surface area (Å²) in [7, 11) is 1.70. The van der Waals surface area contributed by atoms with Crippen LogP contribution in [-0.2, 0) is 6.42 Å². The van der Waals surface area contributed by atoms with Crippen LogP contribution in [0.15, 0.2) is 6.07 Å². The molecule has 3 heteroatoms. The van der Waals surface area contributed by atoms with Crippen molar-refractivity contribution in [1.29, 1.82) is 0 Å². The normalized spacial score (nSPS) is 10.2. The zero-order chi connectivity index (χ0) is 10.0. The molecular weight excluding hydrogens is 298 g/mol. The van der Waals surface area contributed by atoms with Crippen LogP contribution in [0.1, 0.15) is 18.1 Å². The van der Waals surface area contributed by atoms with Crippen molar-refractivity contribution >= 4 is 34.2 Å². The van der Waals surface area contributed by atoms with Gasteiger partial charge in [-0.05, 0) is 53.1 Å². The summed E-state index contributed by atoms with van der Waals surface area (Å²) in [5, 5.41) is 0.821. The van der Waals surface area contributed by atoms with Crippen LogP contribution in [0.2, 0.25) is 5.02 Å². The molecule has 72 valence electrons. The van der Waals surface area contributed by atoms with Gasteiger partial charge in [-0.15, -0.1) is 0 Å². The molecule has 0 saturated carbocycles. The third-order valence-corrected chi connectivity index (χ3v) is 3.76. The summed E-state index contributed by atoms with van der Waals surface area (Å²) in [6, 6.07) is 1.98. The summed E-state index contributed by atoms with van der Waals surface area (Å²) >= 11 is 8.34. The maximum absolute atomic E-state index is 6.07. The van der Waals surface area contributed by atoms with E-state index in [2.05, 4.69) is 29.5 Å². The third kappa shape index (κ3) is 2.10. The number of halogens is 2. The van der Waals surface area contributed by atoms with E-state index in [-0.39, 0.29) is 0 Å². The van der Waals surface area contributed by atoms with E-state index in [0.717, 1.165) is 26.3 Å². The van der Waals surface area contributed by atoms with Gasteiger partial charge >= 0.3 is 0 Å². The highest BCUT2D eigenvalue weighted by molar-refractivity contribution is 14.1. The Bertz CT molecular complexity index is 323. The zero-order valence-corrected chi connectivity index (χ0v) is 10.9. The van der Waals surface area contributed by atoms with E-state index < -0.39 is 0 Å². The molecule has 0 aliphatic heterocycles. The van der Waals surface area contributed by atoms with Crippen LogP contribution in [0.25, 0.3) is 0 Å². The molecule has 1 aromatic rings.